The number of nitrogens with one attached hydrogen (secondary N) is 5. The van der Waals surface area contributed by atoms with E-state index in [2.05, 4.69) is 26.6 Å². The first kappa shape index (κ1) is 35.9. The summed E-state index contributed by atoms with van der Waals surface area (Å²) in [6, 6.07) is -4.43. The van der Waals surface area contributed by atoms with Gasteiger partial charge < -0.3 is 42.5 Å². The highest BCUT2D eigenvalue weighted by Crippen LogP contribution is 2.46. The lowest BCUT2D eigenvalue weighted by Gasteiger charge is -2.25. The highest BCUT2D eigenvalue weighted by atomic mass is 16.4. The summed E-state index contributed by atoms with van der Waals surface area (Å²) >= 11 is 0. The summed E-state index contributed by atoms with van der Waals surface area (Å²) in [7, 11) is 0. The first-order valence-electron chi connectivity index (χ1n) is 14.1. The van der Waals surface area contributed by atoms with Gasteiger partial charge in [0.05, 0.1) is 37.1 Å². The van der Waals surface area contributed by atoms with Crippen molar-refractivity contribution in [2.45, 2.75) is 122 Å². The molecule has 0 aromatic rings. The molecule has 5 atom stereocenters. The van der Waals surface area contributed by atoms with Crippen LogP contribution in [0, 0.1) is 5.41 Å². The van der Waals surface area contributed by atoms with E-state index >= 15 is 0 Å². The predicted octanol–water partition coefficient (Wildman–Crippen LogP) is -1.31. The molecule has 0 aromatic carbocycles. The Morgan fingerprint density at radius 1 is 0.829 bits per heavy atom. The molecule has 14 heteroatoms. The molecule has 0 saturated heterocycles. The Balaban J connectivity index is 2.79. The molecule has 4 amide bonds. The van der Waals surface area contributed by atoms with E-state index in [4.69, 9.17) is 5.73 Å². The lowest BCUT2D eigenvalue weighted by molar-refractivity contribution is -0.140. The van der Waals surface area contributed by atoms with Crippen LogP contribution in [-0.2, 0) is 28.8 Å². The lowest BCUT2D eigenvalue weighted by atomic mass is 9.94. The molecule has 0 spiro atoms. The van der Waals surface area contributed by atoms with Gasteiger partial charge in [0.1, 0.15) is 6.04 Å². The first-order chi connectivity index (χ1) is 19.0. The Kier molecular flexibility index (Phi) is 14.3. The van der Waals surface area contributed by atoms with Crippen LogP contribution in [0.25, 0.3) is 0 Å². The van der Waals surface area contributed by atoms with Gasteiger partial charge in [0, 0.05) is 24.0 Å². The molecule has 0 bridgehead atoms. The molecular formula is C27H48N6O8. The van der Waals surface area contributed by atoms with Crippen LogP contribution < -0.4 is 32.3 Å². The van der Waals surface area contributed by atoms with Crippen molar-refractivity contribution >= 4 is 35.4 Å². The quantitative estimate of drug-likeness (QED) is 0.0787. The summed E-state index contributed by atoms with van der Waals surface area (Å²) in [6.07, 6.45) is -0.0487. The molecule has 41 heavy (non-hydrogen) atoms. The van der Waals surface area contributed by atoms with Crippen molar-refractivity contribution in [3.05, 3.63) is 0 Å². The third kappa shape index (κ3) is 13.0. The van der Waals surface area contributed by atoms with Gasteiger partial charge >= 0.3 is 5.97 Å². The molecule has 0 radical (unpaired) electrons. The Morgan fingerprint density at radius 3 is 1.83 bits per heavy atom. The summed E-state index contributed by atoms with van der Waals surface area (Å²) in [5, 5.41) is 32.6. The SMILES string of the molecule is CC(C)N[C@@H](CC(=O)O)C(=O)N[C@@H](CC(=O)NCCC[C@H](NC(C)C)C(=O)N[C@H](C(N)=O)[C@@H](C)O)C(=O)C1(C)CC1. The molecule has 0 aromatic heterocycles. The van der Waals surface area contributed by atoms with Crippen LogP contribution in [0.5, 0.6) is 0 Å². The number of rotatable bonds is 20. The summed E-state index contributed by atoms with van der Waals surface area (Å²) in [5.41, 5.74) is 4.63. The van der Waals surface area contributed by atoms with Gasteiger partial charge in [-0.2, -0.15) is 0 Å². The number of aliphatic carboxylic acids is 1. The van der Waals surface area contributed by atoms with Crippen molar-refractivity contribution in [2.75, 3.05) is 6.54 Å². The van der Waals surface area contributed by atoms with Crippen LogP contribution in [-0.4, -0.2) is 94.5 Å². The number of aliphatic hydroxyl groups is 1. The highest BCUT2D eigenvalue weighted by Gasteiger charge is 2.48. The van der Waals surface area contributed by atoms with E-state index in [1.54, 1.807) is 20.8 Å². The fraction of sp³-hybridized carbons (Fsp3) is 0.778. The third-order valence-electron chi connectivity index (χ3n) is 6.78. The molecule has 1 saturated carbocycles. The largest absolute Gasteiger partial charge is 0.481 e. The predicted molar refractivity (Wildman–Crippen MR) is 150 cm³/mol. The van der Waals surface area contributed by atoms with Gasteiger partial charge in [-0.15, -0.1) is 0 Å². The fourth-order valence-corrected chi connectivity index (χ4v) is 4.31. The number of amides is 4. The van der Waals surface area contributed by atoms with Gasteiger partial charge in [-0.1, -0.05) is 34.6 Å². The maximum atomic E-state index is 13.1. The zero-order valence-electron chi connectivity index (χ0n) is 24.9. The van der Waals surface area contributed by atoms with Crippen LogP contribution >= 0.6 is 0 Å². The number of carboxylic acid groups (broad SMARTS) is 1. The number of hydrogen-bond donors (Lipinski definition) is 8. The molecule has 14 nitrogen and oxygen atoms in total. The number of Topliss-reactive ketones (excluding diaryl/α,β-unsaturated/α-hetero) is 1. The summed E-state index contributed by atoms with van der Waals surface area (Å²) in [6.45, 7) is 10.5. The maximum Gasteiger partial charge on any atom is 0.305 e. The van der Waals surface area contributed by atoms with Crippen molar-refractivity contribution < 1.29 is 39.0 Å². The van der Waals surface area contributed by atoms with E-state index in [9.17, 15) is 39.0 Å². The van der Waals surface area contributed by atoms with Gasteiger partial charge in [-0.05, 0) is 32.6 Å². The Labute approximate surface area is 241 Å². The minimum atomic E-state index is -1.25. The zero-order valence-corrected chi connectivity index (χ0v) is 24.9. The smallest absolute Gasteiger partial charge is 0.305 e. The molecule has 1 aliphatic rings. The number of ketones is 1. The second-order valence-electron chi connectivity index (χ2n) is 11.7. The van der Waals surface area contributed by atoms with E-state index in [0.717, 1.165) is 0 Å². The Morgan fingerprint density at radius 2 is 1.37 bits per heavy atom. The van der Waals surface area contributed by atoms with Gasteiger partial charge in [0.25, 0.3) is 0 Å². The molecular weight excluding hydrogens is 536 g/mol. The molecule has 9 N–H and O–H groups in total. The second-order valence-corrected chi connectivity index (χ2v) is 11.7. The van der Waals surface area contributed by atoms with E-state index in [0.29, 0.717) is 19.3 Å². The van der Waals surface area contributed by atoms with E-state index < -0.39 is 71.7 Å². The molecule has 0 aliphatic heterocycles. The van der Waals surface area contributed by atoms with Gasteiger partial charge in [-0.25, -0.2) is 0 Å². The summed E-state index contributed by atoms with van der Waals surface area (Å²) in [4.78, 5) is 74.3. The molecule has 234 valence electrons. The summed E-state index contributed by atoms with van der Waals surface area (Å²) in [5.74, 6) is -4.00. The van der Waals surface area contributed by atoms with Crippen LogP contribution in [0.2, 0.25) is 0 Å². The number of nitrogens with two attached hydrogens (primary N) is 1. The number of hydrogen-bond acceptors (Lipinski definition) is 9. The van der Waals surface area contributed by atoms with Crippen LogP contribution in [0.15, 0.2) is 0 Å². The van der Waals surface area contributed by atoms with Crippen molar-refractivity contribution in [1.82, 2.24) is 26.6 Å². The highest BCUT2D eigenvalue weighted by molar-refractivity contribution is 5.98. The molecule has 0 heterocycles. The van der Waals surface area contributed by atoms with Crippen molar-refractivity contribution in [3.63, 3.8) is 0 Å². The summed E-state index contributed by atoms with van der Waals surface area (Å²) < 4.78 is 0. The third-order valence-corrected chi connectivity index (χ3v) is 6.78. The topological polar surface area (TPSA) is 229 Å². The van der Waals surface area contributed by atoms with E-state index in [1.807, 2.05) is 13.8 Å². The number of carbonyl (C=O) groups is 6. The second kappa shape index (κ2) is 16.4. The average Bonchev–Trinajstić information content (AvgIpc) is 3.59. The molecule has 1 fully saturated rings. The molecule has 0 unspecified atom stereocenters. The monoisotopic (exact) mass is 584 g/mol. The zero-order chi connectivity index (χ0) is 31.5. The number of aliphatic hydroxyl groups excluding tert-OH is 1. The lowest BCUT2D eigenvalue weighted by Crippen LogP contribution is -2.56. The average molecular weight is 585 g/mol. The number of carboxylic acids is 1. The maximum absolute atomic E-state index is 13.1. The normalized spacial score (nSPS) is 17.6. The molecule has 1 aliphatic carbocycles. The van der Waals surface area contributed by atoms with Crippen LogP contribution in [0.3, 0.4) is 0 Å². The minimum absolute atomic E-state index is 0.0757. The van der Waals surface area contributed by atoms with Crippen LogP contribution in [0.1, 0.15) is 80.1 Å². The first-order valence-corrected chi connectivity index (χ1v) is 14.1. The Bertz CT molecular complexity index is 950. The standard InChI is InChI=1S/C27H48N6O8/c1-14(2)30-17(25(40)33-22(16(5)34)24(28)39)8-7-11-29-20(35)12-18(23(38)27(6)9-10-27)32-26(41)19(13-21(36)37)31-15(3)4/h14-19,22,30-31,34H,7-13H2,1-6H3,(H2,28,39)(H,29,35)(H,32,41)(H,33,40)(H,36,37)/t16-,17+,18+,19+,22+/m1/s1. The number of carbonyl (C=O) groups excluding carboxylic acids is 5. The van der Waals surface area contributed by atoms with Crippen molar-refractivity contribution in [2.24, 2.45) is 11.1 Å². The van der Waals surface area contributed by atoms with Gasteiger partial charge in [-0.3, -0.25) is 28.8 Å². The minimum Gasteiger partial charge on any atom is -0.481 e. The van der Waals surface area contributed by atoms with E-state index in [-0.39, 0.29) is 37.3 Å². The molecule has 1 rings (SSSR count). The Hall–Kier alpha value is -3.10. The van der Waals surface area contributed by atoms with Crippen LogP contribution in [0.4, 0.5) is 0 Å². The van der Waals surface area contributed by atoms with Gasteiger partial charge in [0.15, 0.2) is 5.78 Å². The fourth-order valence-electron chi connectivity index (χ4n) is 4.31. The van der Waals surface area contributed by atoms with Crippen molar-refractivity contribution in [3.8, 4) is 0 Å². The van der Waals surface area contributed by atoms with Gasteiger partial charge in [0.2, 0.25) is 23.6 Å². The van der Waals surface area contributed by atoms with Crippen molar-refractivity contribution in [1.29, 1.82) is 0 Å². The number of primary amides is 1. The van der Waals surface area contributed by atoms with E-state index in [1.165, 1.54) is 6.92 Å².